The monoisotopic (exact) mass is 233 g/mol. The molecule has 1 aromatic rings. The number of fused-ring (bicyclic) bond motifs is 1. The van der Waals surface area contributed by atoms with Crippen LogP contribution < -0.4 is 5.06 Å². The summed E-state index contributed by atoms with van der Waals surface area (Å²) in [6.45, 7) is 1.87. The predicted octanol–water partition coefficient (Wildman–Crippen LogP) is 1.49. The standard InChI is InChI=1S/C13H15NO3/c1-13-8-7-10(15)11(13)17-14(12(13)16)9-5-3-2-4-6-9/h2-6,10-11,15H,7-8H2,1H3/t10-,11+,13-/m1/s1. The Labute approximate surface area is 99.8 Å². The highest BCUT2D eigenvalue weighted by atomic mass is 16.7. The third-order valence-corrected chi connectivity index (χ3v) is 3.82. The second-order valence-electron chi connectivity index (χ2n) is 4.98. The van der Waals surface area contributed by atoms with Crippen molar-refractivity contribution in [1.82, 2.24) is 0 Å². The molecule has 2 fully saturated rings. The van der Waals surface area contributed by atoms with Crippen molar-refractivity contribution in [3.05, 3.63) is 30.3 Å². The molecule has 0 bridgehead atoms. The number of hydroxylamine groups is 1. The molecule has 1 saturated carbocycles. The third kappa shape index (κ3) is 1.41. The summed E-state index contributed by atoms with van der Waals surface area (Å²) in [5.74, 6) is -0.0507. The van der Waals surface area contributed by atoms with Crippen LogP contribution in [0.1, 0.15) is 19.8 Å². The zero-order valence-corrected chi connectivity index (χ0v) is 9.67. The first-order valence-corrected chi connectivity index (χ1v) is 5.87. The minimum atomic E-state index is -0.574. The van der Waals surface area contributed by atoms with Crippen LogP contribution >= 0.6 is 0 Å². The number of rotatable bonds is 1. The van der Waals surface area contributed by atoms with Crippen LogP contribution in [0.15, 0.2) is 30.3 Å². The van der Waals surface area contributed by atoms with Crippen molar-refractivity contribution in [2.75, 3.05) is 5.06 Å². The lowest BCUT2D eigenvalue weighted by Gasteiger charge is -2.17. The van der Waals surface area contributed by atoms with Gasteiger partial charge in [0.2, 0.25) is 0 Å². The number of carbonyl (C=O) groups is 1. The first kappa shape index (κ1) is 10.7. The smallest absolute Gasteiger partial charge is 0.259 e. The zero-order valence-electron chi connectivity index (χ0n) is 9.67. The molecule has 1 saturated heterocycles. The summed E-state index contributed by atoms with van der Waals surface area (Å²) in [6, 6.07) is 9.27. The molecule has 1 N–H and O–H groups in total. The molecule has 1 aromatic carbocycles. The van der Waals surface area contributed by atoms with Gasteiger partial charge in [0, 0.05) is 0 Å². The summed E-state index contributed by atoms with van der Waals surface area (Å²) < 4.78 is 0. The van der Waals surface area contributed by atoms with Gasteiger partial charge < -0.3 is 5.11 Å². The number of hydrogen-bond acceptors (Lipinski definition) is 3. The first-order chi connectivity index (χ1) is 8.13. The fourth-order valence-corrected chi connectivity index (χ4v) is 2.72. The van der Waals surface area contributed by atoms with Crippen LogP contribution in [0.25, 0.3) is 0 Å². The van der Waals surface area contributed by atoms with E-state index in [9.17, 15) is 9.90 Å². The Balaban J connectivity index is 1.95. The highest BCUT2D eigenvalue weighted by molar-refractivity contribution is 5.98. The minimum Gasteiger partial charge on any atom is -0.390 e. The number of hydrogen-bond donors (Lipinski definition) is 1. The summed E-state index contributed by atoms with van der Waals surface area (Å²) in [5, 5.41) is 11.2. The van der Waals surface area contributed by atoms with Gasteiger partial charge in [-0.25, -0.2) is 0 Å². The SMILES string of the molecule is C[C@@]12CC[C@@H](O)[C@@H]1ON(c1ccccc1)C2=O. The molecule has 0 radical (unpaired) electrons. The largest absolute Gasteiger partial charge is 0.390 e. The quantitative estimate of drug-likeness (QED) is 0.799. The number of aliphatic hydroxyl groups excluding tert-OH is 1. The molecule has 0 unspecified atom stereocenters. The van der Waals surface area contributed by atoms with Crippen molar-refractivity contribution in [2.24, 2.45) is 5.41 Å². The first-order valence-electron chi connectivity index (χ1n) is 5.87. The topological polar surface area (TPSA) is 49.8 Å². The van der Waals surface area contributed by atoms with E-state index >= 15 is 0 Å². The highest BCUT2D eigenvalue weighted by Crippen LogP contribution is 2.47. The van der Waals surface area contributed by atoms with E-state index < -0.39 is 17.6 Å². The maximum absolute atomic E-state index is 12.3. The van der Waals surface area contributed by atoms with E-state index in [2.05, 4.69) is 0 Å². The van der Waals surface area contributed by atoms with Gasteiger partial charge in [0.15, 0.2) is 0 Å². The van der Waals surface area contributed by atoms with Crippen molar-refractivity contribution in [3.8, 4) is 0 Å². The van der Waals surface area contributed by atoms with Crippen LogP contribution in [0.2, 0.25) is 0 Å². The van der Waals surface area contributed by atoms with Crippen LogP contribution in [-0.2, 0) is 9.63 Å². The maximum Gasteiger partial charge on any atom is 0.259 e. The van der Waals surface area contributed by atoms with Gasteiger partial charge >= 0.3 is 0 Å². The van der Waals surface area contributed by atoms with E-state index in [-0.39, 0.29) is 5.91 Å². The highest BCUT2D eigenvalue weighted by Gasteiger charge is 2.59. The molecule has 1 amide bonds. The molecule has 3 rings (SSSR count). The normalized spacial score (nSPS) is 36.4. The number of amides is 1. The van der Waals surface area contributed by atoms with E-state index in [1.165, 1.54) is 5.06 Å². The molecule has 4 nitrogen and oxygen atoms in total. The van der Waals surface area contributed by atoms with Crippen molar-refractivity contribution in [2.45, 2.75) is 32.0 Å². The Hall–Kier alpha value is -1.39. The lowest BCUT2D eigenvalue weighted by atomic mass is 9.86. The number of benzene rings is 1. The van der Waals surface area contributed by atoms with Crippen molar-refractivity contribution >= 4 is 11.6 Å². The lowest BCUT2D eigenvalue weighted by Crippen LogP contribution is -2.34. The summed E-state index contributed by atoms with van der Waals surface area (Å²) in [7, 11) is 0. The molecule has 1 heterocycles. The number of anilines is 1. The van der Waals surface area contributed by atoms with Crippen LogP contribution in [-0.4, -0.2) is 23.2 Å². The zero-order chi connectivity index (χ0) is 12.0. The average molecular weight is 233 g/mol. The summed E-state index contributed by atoms with van der Waals surface area (Å²) in [5.41, 5.74) is 0.148. The second kappa shape index (κ2) is 3.55. The van der Waals surface area contributed by atoms with E-state index in [1.807, 2.05) is 37.3 Å². The van der Waals surface area contributed by atoms with Crippen LogP contribution in [0.4, 0.5) is 5.69 Å². The Kier molecular flexibility index (Phi) is 2.24. The van der Waals surface area contributed by atoms with Gasteiger partial charge in [-0.1, -0.05) is 18.2 Å². The molecular weight excluding hydrogens is 218 g/mol. The fourth-order valence-electron chi connectivity index (χ4n) is 2.72. The van der Waals surface area contributed by atoms with Crippen LogP contribution in [0.3, 0.4) is 0 Å². The molecule has 1 aliphatic heterocycles. The Morgan fingerprint density at radius 2 is 2.12 bits per heavy atom. The number of carbonyl (C=O) groups excluding carboxylic acids is 1. The fraction of sp³-hybridized carbons (Fsp3) is 0.462. The predicted molar refractivity (Wildman–Crippen MR) is 62.1 cm³/mol. The molecule has 90 valence electrons. The Morgan fingerprint density at radius 1 is 1.41 bits per heavy atom. The van der Waals surface area contributed by atoms with Gasteiger partial charge in [0.25, 0.3) is 5.91 Å². The van der Waals surface area contributed by atoms with Crippen molar-refractivity contribution in [1.29, 1.82) is 0 Å². The number of nitrogens with zero attached hydrogens (tertiary/aromatic N) is 1. The van der Waals surface area contributed by atoms with Gasteiger partial charge in [0.1, 0.15) is 6.10 Å². The lowest BCUT2D eigenvalue weighted by molar-refractivity contribution is -0.125. The van der Waals surface area contributed by atoms with Gasteiger partial charge in [-0.15, -0.1) is 0 Å². The average Bonchev–Trinajstić information content (AvgIpc) is 2.78. The molecular formula is C13H15NO3. The maximum atomic E-state index is 12.3. The summed E-state index contributed by atoms with van der Waals surface area (Å²) in [4.78, 5) is 18.0. The van der Waals surface area contributed by atoms with Gasteiger partial charge in [-0.3, -0.25) is 9.63 Å². The Morgan fingerprint density at radius 3 is 2.76 bits per heavy atom. The molecule has 17 heavy (non-hydrogen) atoms. The summed E-state index contributed by atoms with van der Waals surface area (Å²) >= 11 is 0. The van der Waals surface area contributed by atoms with Gasteiger partial charge in [-0.2, -0.15) is 5.06 Å². The summed E-state index contributed by atoms with van der Waals surface area (Å²) in [6.07, 6.45) is 0.365. The van der Waals surface area contributed by atoms with Gasteiger partial charge in [-0.05, 0) is 31.9 Å². The molecule has 3 atom stereocenters. The molecule has 0 spiro atoms. The molecule has 2 aliphatic rings. The van der Waals surface area contributed by atoms with E-state index in [1.54, 1.807) is 0 Å². The van der Waals surface area contributed by atoms with E-state index in [0.29, 0.717) is 12.8 Å². The molecule has 1 aliphatic carbocycles. The van der Waals surface area contributed by atoms with Crippen molar-refractivity contribution in [3.63, 3.8) is 0 Å². The minimum absolute atomic E-state index is 0.0507. The van der Waals surface area contributed by atoms with E-state index in [0.717, 1.165) is 5.69 Å². The second-order valence-corrected chi connectivity index (χ2v) is 4.98. The third-order valence-electron chi connectivity index (χ3n) is 3.82. The van der Waals surface area contributed by atoms with Crippen molar-refractivity contribution < 1.29 is 14.7 Å². The van der Waals surface area contributed by atoms with Gasteiger partial charge in [0.05, 0.1) is 17.2 Å². The van der Waals surface area contributed by atoms with E-state index in [4.69, 9.17) is 4.84 Å². The molecule has 0 aromatic heterocycles. The van der Waals surface area contributed by atoms with Crippen LogP contribution in [0.5, 0.6) is 0 Å². The Bertz CT molecular complexity index is 447. The number of para-hydroxylation sites is 1. The van der Waals surface area contributed by atoms with Crippen LogP contribution in [0, 0.1) is 5.41 Å². The molecule has 4 heteroatoms. The number of aliphatic hydroxyl groups is 1.